The predicted molar refractivity (Wildman–Crippen MR) is 83.9 cm³/mol. The number of benzene rings is 1. The van der Waals surface area contributed by atoms with Gasteiger partial charge in [-0.1, -0.05) is 15.9 Å². The van der Waals surface area contributed by atoms with Crippen LogP contribution >= 0.6 is 15.9 Å². The van der Waals surface area contributed by atoms with Gasteiger partial charge in [-0.05, 0) is 30.7 Å². The Morgan fingerprint density at radius 1 is 1.35 bits per heavy atom. The number of aryl methyl sites for hydroxylation is 1. The third-order valence-electron chi connectivity index (χ3n) is 3.09. The topological polar surface area (TPSA) is 109 Å². The van der Waals surface area contributed by atoms with Crippen molar-refractivity contribution in [1.82, 2.24) is 3.97 Å². The van der Waals surface area contributed by atoms with Crippen molar-refractivity contribution in [3.8, 4) is 0 Å². The van der Waals surface area contributed by atoms with Crippen molar-refractivity contribution in [2.75, 3.05) is 7.11 Å². The molecule has 0 bridgehead atoms. The van der Waals surface area contributed by atoms with Crippen LogP contribution in [0, 0.1) is 17.0 Å². The molecular formula is C13H11BrN2O6S. The lowest BCUT2D eigenvalue weighted by molar-refractivity contribution is -0.387. The standard InChI is InChI=1S/C13H11BrN2O6S/c1-8-5-6-15(12(8)13(17)22-2)23(20,21)11-4-3-9(14)7-10(11)16(18)19/h3-7H,1-2H3. The van der Waals surface area contributed by atoms with Gasteiger partial charge in [0.25, 0.3) is 15.7 Å². The number of aromatic nitrogens is 1. The van der Waals surface area contributed by atoms with E-state index in [1.54, 1.807) is 0 Å². The number of methoxy groups -OCH3 is 1. The number of halogens is 1. The van der Waals surface area contributed by atoms with Gasteiger partial charge in [-0.15, -0.1) is 0 Å². The lowest BCUT2D eigenvalue weighted by atomic mass is 10.3. The maximum Gasteiger partial charge on any atom is 0.356 e. The van der Waals surface area contributed by atoms with Gasteiger partial charge in [-0.2, -0.15) is 0 Å². The molecule has 0 amide bonds. The monoisotopic (exact) mass is 402 g/mol. The molecule has 0 fully saturated rings. The van der Waals surface area contributed by atoms with Crippen LogP contribution in [0.2, 0.25) is 0 Å². The minimum Gasteiger partial charge on any atom is -0.464 e. The summed E-state index contributed by atoms with van der Waals surface area (Å²) in [4.78, 5) is 21.6. The van der Waals surface area contributed by atoms with E-state index < -0.39 is 31.5 Å². The van der Waals surface area contributed by atoms with Crippen LogP contribution in [0.3, 0.4) is 0 Å². The number of ether oxygens (including phenoxy) is 1. The maximum atomic E-state index is 12.8. The number of hydrogen-bond donors (Lipinski definition) is 0. The van der Waals surface area contributed by atoms with E-state index in [4.69, 9.17) is 0 Å². The van der Waals surface area contributed by atoms with Crippen LogP contribution in [0.4, 0.5) is 5.69 Å². The summed E-state index contributed by atoms with van der Waals surface area (Å²) in [5, 5.41) is 11.2. The van der Waals surface area contributed by atoms with Gasteiger partial charge < -0.3 is 4.74 Å². The summed E-state index contributed by atoms with van der Waals surface area (Å²) in [6.45, 7) is 1.54. The number of nitrogens with zero attached hydrogens (tertiary/aromatic N) is 2. The summed E-state index contributed by atoms with van der Waals surface area (Å²) in [5.74, 6) is -0.851. The lowest BCUT2D eigenvalue weighted by Gasteiger charge is -2.10. The Kier molecular flexibility index (Phi) is 4.57. The Labute approximate surface area is 140 Å². The van der Waals surface area contributed by atoms with Gasteiger partial charge in [0, 0.05) is 16.7 Å². The van der Waals surface area contributed by atoms with Gasteiger partial charge in [0.1, 0.15) is 5.69 Å². The van der Waals surface area contributed by atoms with Gasteiger partial charge >= 0.3 is 5.97 Å². The number of nitro benzene ring substituents is 1. The molecule has 0 saturated carbocycles. The average Bonchev–Trinajstić information content (AvgIpc) is 2.88. The highest BCUT2D eigenvalue weighted by molar-refractivity contribution is 9.10. The van der Waals surface area contributed by atoms with E-state index in [0.29, 0.717) is 14.0 Å². The number of carbonyl (C=O) groups is 1. The first kappa shape index (κ1) is 17.2. The van der Waals surface area contributed by atoms with Crippen molar-refractivity contribution in [3.63, 3.8) is 0 Å². The molecule has 0 saturated heterocycles. The molecule has 122 valence electrons. The van der Waals surface area contributed by atoms with E-state index in [-0.39, 0.29) is 5.69 Å². The van der Waals surface area contributed by atoms with Gasteiger partial charge in [0.15, 0.2) is 4.90 Å². The molecule has 23 heavy (non-hydrogen) atoms. The number of esters is 1. The molecule has 0 spiro atoms. The zero-order chi connectivity index (χ0) is 17.4. The molecule has 1 aromatic carbocycles. The summed E-state index contributed by atoms with van der Waals surface area (Å²) in [7, 11) is -3.22. The minimum absolute atomic E-state index is 0.204. The van der Waals surface area contributed by atoms with Crippen LogP contribution in [0.5, 0.6) is 0 Å². The molecule has 8 nitrogen and oxygen atoms in total. The molecule has 1 aromatic heterocycles. The van der Waals surface area contributed by atoms with Crippen LogP contribution in [0.1, 0.15) is 16.1 Å². The summed E-state index contributed by atoms with van der Waals surface area (Å²) < 4.78 is 31.1. The fraction of sp³-hybridized carbons (Fsp3) is 0.154. The summed E-state index contributed by atoms with van der Waals surface area (Å²) >= 11 is 3.06. The molecule has 10 heteroatoms. The Morgan fingerprint density at radius 3 is 2.57 bits per heavy atom. The van der Waals surface area contributed by atoms with Crippen molar-refractivity contribution >= 4 is 37.6 Å². The largest absolute Gasteiger partial charge is 0.464 e. The summed E-state index contributed by atoms with van der Waals surface area (Å²) in [6, 6.07) is 4.97. The Bertz CT molecular complexity index is 903. The molecular weight excluding hydrogens is 392 g/mol. The second kappa shape index (κ2) is 6.13. The van der Waals surface area contributed by atoms with Crippen LogP contribution < -0.4 is 0 Å². The predicted octanol–water partition coefficient (Wildman–Crippen LogP) is 2.49. The van der Waals surface area contributed by atoms with Crippen LogP contribution in [0.25, 0.3) is 0 Å². The first-order valence-electron chi connectivity index (χ1n) is 6.16. The van der Waals surface area contributed by atoms with Gasteiger partial charge in [0.2, 0.25) is 0 Å². The van der Waals surface area contributed by atoms with Gasteiger partial charge in [0.05, 0.1) is 12.0 Å². The van der Waals surface area contributed by atoms with Gasteiger partial charge in [-0.3, -0.25) is 10.1 Å². The molecule has 2 aromatic rings. The lowest BCUT2D eigenvalue weighted by Crippen LogP contribution is -2.20. The highest BCUT2D eigenvalue weighted by Crippen LogP contribution is 2.30. The molecule has 0 N–H and O–H groups in total. The highest BCUT2D eigenvalue weighted by Gasteiger charge is 2.31. The van der Waals surface area contributed by atoms with Crippen molar-refractivity contribution in [2.45, 2.75) is 11.8 Å². The first-order valence-corrected chi connectivity index (χ1v) is 8.39. The number of hydrogen-bond acceptors (Lipinski definition) is 6. The Hall–Kier alpha value is -2.20. The second-order valence-electron chi connectivity index (χ2n) is 4.51. The van der Waals surface area contributed by atoms with Crippen molar-refractivity contribution in [3.05, 3.63) is 56.3 Å². The zero-order valence-electron chi connectivity index (χ0n) is 12.0. The minimum atomic E-state index is -4.34. The molecule has 0 radical (unpaired) electrons. The van der Waals surface area contributed by atoms with Crippen molar-refractivity contribution in [2.24, 2.45) is 0 Å². The summed E-state index contributed by atoms with van der Waals surface area (Å²) in [6.07, 6.45) is 1.16. The number of rotatable bonds is 4. The third-order valence-corrected chi connectivity index (χ3v) is 5.30. The van der Waals surface area contributed by atoms with E-state index in [1.165, 1.54) is 19.1 Å². The van der Waals surface area contributed by atoms with E-state index in [9.17, 15) is 23.3 Å². The molecule has 0 aliphatic carbocycles. The average molecular weight is 403 g/mol. The summed E-state index contributed by atoms with van der Waals surface area (Å²) in [5.41, 5.74) is -0.425. The SMILES string of the molecule is COC(=O)c1c(C)ccn1S(=O)(=O)c1ccc(Br)cc1[N+](=O)[O-]. The zero-order valence-corrected chi connectivity index (χ0v) is 14.4. The van der Waals surface area contributed by atoms with Crippen LogP contribution in [-0.2, 0) is 14.8 Å². The Balaban J connectivity index is 2.75. The second-order valence-corrected chi connectivity index (χ2v) is 7.21. The fourth-order valence-corrected chi connectivity index (χ4v) is 3.89. The van der Waals surface area contributed by atoms with E-state index in [0.717, 1.165) is 25.4 Å². The third kappa shape index (κ3) is 2.99. The molecule has 2 rings (SSSR count). The maximum absolute atomic E-state index is 12.8. The van der Waals surface area contributed by atoms with E-state index in [2.05, 4.69) is 20.7 Å². The molecule has 0 aliphatic rings. The quantitative estimate of drug-likeness (QED) is 0.441. The fourth-order valence-electron chi connectivity index (χ4n) is 2.01. The van der Waals surface area contributed by atoms with E-state index >= 15 is 0 Å². The number of nitro groups is 1. The molecule has 0 atom stereocenters. The van der Waals surface area contributed by atoms with Crippen molar-refractivity contribution in [1.29, 1.82) is 0 Å². The molecule has 0 unspecified atom stereocenters. The Morgan fingerprint density at radius 2 is 2.00 bits per heavy atom. The van der Waals surface area contributed by atoms with Gasteiger partial charge in [-0.25, -0.2) is 17.2 Å². The highest BCUT2D eigenvalue weighted by atomic mass is 79.9. The smallest absolute Gasteiger partial charge is 0.356 e. The van der Waals surface area contributed by atoms with Crippen molar-refractivity contribution < 1.29 is 22.9 Å². The molecule has 1 heterocycles. The van der Waals surface area contributed by atoms with Crippen LogP contribution in [0.15, 0.2) is 39.8 Å². The number of carbonyl (C=O) groups excluding carboxylic acids is 1. The van der Waals surface area contributed by atoms with Crippen LogP contribution in [-0.4, -0.2) is 30.4 Å². The molecule has 0 aliphatic heterocycles. The van der Waals surface area contributed by atoms with E-state index in [1.807, 2.05) is 0 Å². The normalized spacial score (nSPS) is 11.3. The first-order chi connectivity index (χ1) is 10.7.